The van der Waals surface area contributed by atoms with Crippen LogP contribution in [0.25, 0.3) is 11.0 Å². The van der Waals surface area contributed by atoms with E-state index in [9.17, 15) is 9.59 Å². The van der Waals surface area contributed by atoms with Gasteiger partial charge in [-0.25, -0.2) is 0 Å². The van der Waals surface area contributed by atoms with Crippen molar-refractivity contribution in [2.45, 2.75) is 6.92 Å². The highest BCUT2D eigenvalue weighted by Crippen LogP contribution is 2.41. The van der Waals surface area contributed by atoms with E-state index in [4.69, 9.17) is 20.8 Å². The van der Waals surface area contributed by atoms with Crippen molar-refractivity contribution in [2.24, 2.45) is 0 Å². The molecule has 5 nitrogen and oxygen atoms in total. The number of amides is 1. The van der Waals surface area contributed by atoms with Gasteiger partial charge in [-0.3, -0.25) is 9.59 Å². The van der Waals surface area contributed by atoms with Crippen molar-refractivity contribution in [1.82, 2.24) is 0 Å². The van der Waals surface area contributed by atoms with E-state index in [0.717, 1.165) is 0 Å². The number of ether oxygens (including phenoxy) is 1. The Morgan fingerprint density at radius 1 is 1.19 bits per heavy atom. The highest BCUT2D eigenvalue weighted by Gasteiger charge is 2.26. The summed E-state index contributed by atoms with van der Waals surface area (Å²) in [5.74, 6) is -0.298. The first kappa shape index (κ1) is 19.2. The van der Waals surface area contributed by atoms with Crippen molar-refractivity contribution >= 4 is 55.9 Å². The van der Waals surface area contributed by atoms with Crippen LogP contribution in [0.15, 0.2) is 57.4 Å². The van der Waals surface area contributed by atoms with Gasteiger partial charge >= 0.3 is 0 Å². The second-order valence-electron chi connectivity index (χ2n) is 5.59. The van der Waals surface area contributed by atoms with Gasteiger partial charge in [0.1, 0.15) is 5.69 Å². The molecule has 0 saturated heterocycles. The van der Waals surface area contributed by atoms with Gasteiger partial charge in [-0.2, -0.15) is 0 Å². The third-order valence-corrected chi connectivity index (χ3v) is 4.76. The van der Waals surface area contributed by atoms with Crippen LogP contribution in [0, 0.1) is 0 Å². The molecule has 0 aliphatic carbocycles. The van der Waals surface area contributed by atoms with Crippen LogP contribution in [0.1, 0.15) is 23.0 Å². The van der Waals surface area contributed by atoms with Crippen molar-refractivity contribution in [2.75, 3.05) is 12.4 Å². The summed E-state index contributed by atoms with van der Waals surface area (Å²) < 4.78 is 11.8. The van der Waals surface area contributed by atoms with Crippen LogP contribution in [-0.2, 0) is 4.79 Å². The van der Waals surface area contributed by atoms with Crippen LogP contribution in [0.4, 0.5) is 5.69 Å². The van der Waals surface area contributed by atoms with Crippen LogP contribution in [0.5, 0.6) is 5.75 Å². The molecular formula is C20H15BrClNO4. The van der Waals surface area contributed by atoms with Crippen LogP contribution in [0.3, 0.4) is 0 Å². The summed E-state index contributed by atoms with van der Waals surface area (Å²) >= 11 is 9.35. The fourth-order valence-corrected chi connectivity index (χ4v) is 3.27. The number of rotatable bonds is 5. The normalized spacial score (nSPS) is 11.1. The first-order valence-corrected chi connectivity index (χ1v) is 9.16. The van der Waals surface area contributed by atoms with E-state index < -0.39 is 0 Å². The summed E-state index contributed by atoms with van der Waals surface area (Å²) in [6, 6.07) is 9.91. The Morgan fingerprint density at radius 2 is 1.89 bits per heavy atom. The molecule has 138 valence electrons. The predicted octanol–water partition coefficient (Wildman–Crippen LogP) is 5.60. The first-order chi connectivity index (χ1) is 13.0. The molecule has 0 fully saturated rings. The number of hydrogen-bond donors (Lipinski definition) is 1. The number of allylic oxidation sites excluding steroid dienone is 1. The summed E-state index contributed by atoms with van der Waals surface area (Å²) in [4.78, 5) is 25.2. The predicted molar refractivity (Wildman–Crippen MR) is 109 cm³/mol. The zero-order valence-corrected chi connectivity index (χ0v) is 16.8. The standard InChI is InChI=1S/C20H15BrClNO4/c1-3-4-15(24)23-17-16-13(21)9-10-14(26-2)19(16)27-20(17)18(25)11-5-7-12(22)8-6-11/h3-10H,1-2H3,(H,23,24)/b4-3+. The highest BCUT2D eigenvalue weighted by molar-refractivity contribution is 9.10. The average Bonchev–Trinajstić information content (AvgIpc) is 3.02. The zero-order chi connectivity index (χ0) is 19.6. The van der Waals surface area contributed by atoms with Crippen LogP contribution < -0.4 is 10.1 Å². The van der Waals surface area contributed by atoms with E-state index in [1.807, 2.05) is 0 Å². The summed E-state index contributed by atoms with van der Waals surface area (Å²) in [7, 11) is 1.50. The van der Waals surface area contributed by atoms with E-state index in [1.165, 1.54) is 13.2 Å². The van der Waals surface area contributed by atoms with Gasteiger partial charge in [0.2, 0.25) is 11.7 Å². The maximum absolute atomic E-state index is 13.0. The summed E-state index contributed by atoms with van der Waals surface area (Å²) in [5.41, 5.74) is 1.02. The molecule has 27 heavy (non-hydrogen) atoms. The van der Waals surface area contributed by atoms with E-state index in [-0.39, 0.29) is 23.1 Å². The summed E-state index contributed by atoms with van der Waals surface area (Å²) in [6.45, 7) is 1.73. The number of hydrogen-bond acceptors (Lipinski definition) is 4. The Kier molecular flexibility index (Phi) is 5.68. The summed E-state index contributed by atoms with van der Waals surface area (Å²) in [5, 5.41) is 3.80. The smallest absolute Gasteiger partial charge is 0.248 e. The fourth-order valence-electron chi connectivity index (χ4n) is 2.63. The Balaban J connectivity index is 2.23. The number of fused-ring (bicyclic) bond motifs is 1. The van der Waals surface area contributed by atoms with Gasteiger partial charge in [0.05, 0.1) is 12.5 Å². The molecule has 7 heteroatoms. The average molecular weight is 449 g/mol. The fraction of sp³-hybridized carbons (Fsp3) is 0.100. The number of anilines is 1. The topological polar surface area (TPSA) is 68.5 Å². The lowest BCUT2D eigenvalue weighted by Gasteiger charge is -2.05. The number of furan rings is 1. The molecule has 0 aliphatic heterocycles. The minimum atomic E-state index is -0.382. The minimum absolute atomic E-state index is 0.00961. The van der Waals surface area contributed by atoms with E-state index in [0.29, 0.717) is 31.8 Å². The number of methoxy groups -OCH3 is 1. The zero-order valence-electron chi connectivity index (χ0n) is 14.5. The van der Waals surface area contributed by atoms with Crippen molar-refractivity contribution < 1.29 is 18.7 Å². The van der Waals surface area contributed by atoms with Crippen molar-refractivity contribution in [1.29, 1.82) is 0 Å². The van der Waals surface area contributed by atoms with Gasteiger partial charge in [-0.15, -0.1) is 0 Å². The molecule has 1 N–H and O–H groups in total. The number of carbonyl (C=O) groups excluding carboxylic acids is 2. The lowest BCUT2D eigenvalue weighted by molar-refractivity contribution is -0.111. The van der Waals surface area contributed by atoms with Crippen LogP contribution in [-0.4, -0.2) is 18.8 Å². The molecule has 3 aromatic rings. The Bertz CT molecular complexity index is 1050. The molecule has 0 saturated carbocycles. The van der Waals surface area contributed by atoms with E-state index in [1.54, 1.807) is 49.4 Å². The van der Waals surface area contributed by atoms with Crippen molar-refractivity contribution in [3.05, 3.63) is 69.4 Å². The maximum atomic E-state index is 13.0. The molecule has 1 amide bonds. The quantitative estimate of drug-likeness (QED) is 0.407. The lowest BCUT2D eigenvalue weighted by atomic mass is 10.1. The molecule has 3 rings (SSSR count). The van der Waals surface area contributed by atoms with Crippen LogP contribution in [0.2, 0.25) is 5.02 Å². The molecule has 0 spiro atoms. The van der Waals surface area contributed by atoms with Gasteiger partial charge in [0, 0.05) is 15.1 Å². The summed E-state index contributed by atoms with van der Waals surface area (Å²) in [6.07, 6.45) is 2.97. The Labute approximate surface area is 169 Å². The monoisotopic (exact) mass is 447 g/mol. The Hall–Kier alpha value is -2.57. The largest absolute Gasteiger partial charge is 0.493 e. The number of nitrogens with one attached hydrogen (secondary N) is 1. The molecule has 0 radical (unpaired) electrons. The first-order valence-electron chi connectivity index (χ1n) is 7.99. The third-order valence-electron chi connectivity index (χ3n) is 3.85. The van der Waals surface area contributed by atoms with Gasteiger partial charge in [0.25, 0.3) is 0 Å². The van der Waals surface area contributed by atoms with Crippen LogP contribution >= 0.6 is 27.5 Å². The molecule has 0 bridgehead atoms. The second-order valence-corrected chi connectivity index (χ2v) is 6.88. The SMILES string of the molecule is C/C=C/C(=O)Nc1c(C(=O)c2ccc(Cl)cc2)oc2c(OC)ccc(Br)c12. The minimum Gasteiger partial charge on any atom is -0.493 e. The Morgan fingerprint density at radius 3 is 2.52 bits per heavy atom. The number of benzene rings is 2. The number of halogens is 2. The molecule has 0 aliphatic rings. The molecular weight excluding hydrogens is 434 g/mol. The maximum Gasteiger partial charge on any atom is 0.248 e. The third kappa shape index (κ3) is 3.77. The van der Waals surface area contributed by atoms with Gasteiger partial charge in [0.15, 0.2) is 17.1 Å². The second kappa shape index (κ2) is 7.98. The molecule has 1 heterocycles. The van der Waals surface area contributed by atoms with Gasteiger partial charge in [-0.1, -0.05) is 17.7 Å². The lowest BCUT2D eigenvalue weighted by Crippen LogP contribution is -2.11. The molecule has 0 unspecified atom stereocenters. The molecule has 2 aromatic carbocycles. The van der Waals surface area contributed by atoms with E-state index >= 15 is 0 Å². The van der Waals surface area contributed by atoms with E-state index in [2.05, 4.69) is 21.2 Å². The van der Waals surface area contributed by atoms with Crippen molar-refractivity contribution in [3.63, 3.8) is 0 Å². The highest BCUT2D eigenvalue weighted by atomic mass is 79.9. The number of ketones is 1. The van der Waals surface area contributed by atoms with Crippen molar-refractivity contribution in [3.8, 4) is 5.75 Å². The van der Waals surface area contributed by atoms with Gasteiger partial charge in [-0.05, 0) is 65.3 Å². The molecule has 1 aromatic heterocycles. The molecule has 0 atom stereocenters. The van der Waals surface area contributed by atoms with Gasteiger partial charge < -0.3 is 14.5 Å². The number of carbonyl (C=O) groups is 2.